The lowest BCUT2D eigenvalue weighted by Crippen LogP contribution is -2.59. The maximum Gasteiger partial charge on any atom is 0.405 e. The van der Waals surface area contributed by atoms with E-state index in [-0.39, 0.29) is 16.8 Å². The van der Waals surface area contributed by atoms with Crippen molar-refractivity contribution in [3.8, 4) is 5.75 Å². The van der Waals surface area contributed by atoms with Gasteiger partial charge in [0, 0.05) is 16.8 Å². The van der Waals surface area contributed by atoms with Gasteiger partial charge in [-0.05, 0) is 42.4 Å². The zero-order chi connectivity index (χ0) is 19.8. The molecule has 5 rings (SSSR count). The molecular formula is C21H20N2O5. The van der Waals surface area contributed by atoms with Gasteiger partial charge in [-0.1, -0.05) is 31.2 Å². The molecule has 7 heteroatoms. The number of carboxylic acid groups (broad SMARTS) is 1. The molecule has 0 bridgehead atoms. The van der Waals surface area contributed by atoms with Crippen molar-refractivity contribution in [2.75, 3.05) is 5.73 Å². The minimum absolute atomic E-state index is 0.0832. The monoisotopic (exact) mass is 380 g/mol. The highest BCUT2D eigenvalue weighted by atomic mass is 16.6. The summed E-state index contributed by atoms with van der Waals surface area (Å²) in [4.78, 5) is 25.1. The molecule has 0 spiro atoms. The zero-order valence-electron chi connectivity index (χ0n) is 15.2. The molecule has 5 N–H and O–H groups in total. The highest BCUT2D eigenvalue weighted by Gasteiger charge is 2.72. The van der Waals surface area contributed by atoms with Crippen LogP contribution >= 0.6 is 0 Å². The van der Waals surface area contributed by atoms with Crippen LogP contribution in [0.4, 0.5) is 10.5 Å². The van der Waals surface area contributed by atoms with Gasteiger partial charge >= 0.3 is 6.09 Å². The van der Waals surface area contributed by atoms with Crippen molar-refractivity contribution in [2.24, 2.45) is 5.92 Å². The second-order valence-corrected chi connectivity index (χ2v) is 7.91. The number of Topliss-reactive ketones (excluding diaryl/α,β-unsaturated/α-hetero) is 1. The van der Waals surface area contributed by atoms with E-state index in [1.54, 1.807) is 18.2 Å². The van der Waals surface area contributed by atoms with Gasteiger partial charge in [0.15, 0.2) is 0 Å². The Hall–Kier alpha value is -3.06. The molecule has 2 aromatic rings. The predicted octanol–water partition coefficient (Wildman–Crippen LogP) is 2.68. The normalized spacial score (nSPS) is 28.1. The Kier molecular flexibility index (Phi) is 3.21. The van der Waals surface area contributed by atoms with Crippen molar-refractivity contribution in [3.05, 3.63) is 58.7 Å². The van der Waals surface area contributed by atoms with Crippen LogP contribution in [0.1, 0.15) is 52.7 Å². The Labute approximate surface area is 161 Å². The van der Waals surface area contributed by atoms with Crippen molar-refractivity contribution >= 4 is 17.6 Å². The predicted molar refractivity (Wildman–Crippen MR) is 100 cm³/mol. The van der Waals surface area contributed by atoms with Crippen LogP contribution in [-0.4, -0.2) is 22.1 Å². The lowest BCUT2D eigenvalue weighted by atomic mass is 9.82. The molecule has 3 aliphatic rings. The van der Waals surface area contributed by atoms with Gasteiger partial charge in [0.1, 0.15) is 5.75 Å². The van der Waals surface area contributed by atoms with Crippen molar-refractivity contribution < 1.29 is 24.5 Å². The quantitative estimate of drug-likeness (QED) is 0.608. The molecule has 2 aromatic carbocycles. The summed E-state index contributed by atoms with van der Waals surface area (Å²) in [6.45, 7) is 2.14. The van der Waals surface area contributed by atoms with E-state index >= 15 is 0 Å². The Bertz CT molecular complexity index is 1050. The lowest BCUT2D eigenvalue weighted by Gasteiger charge is -2.33. The van der Waals surface area contributed by atoms with Crippen LogP contribution in [0.15, 0.2) is 36.4 Å². The lowest BCUT2D eigenvalue weighted by molar-refractivity contribution is -0.169. The number of ketones is 1. The number of nitrogen functional groups attached to an aromatic ring is 1. The fourth-order valence-corrected chi connectivity index (χ4v) is 4.70. The molecule has 1 aliphatic heterocycles. The summed E-state index contributed by atoms with van der Waals surface area (Å²) < 4.78 is 5.92. The summed E-state index contributed by atoms with van der Waals surface area (Å²) in [6.07, 6.45) is 0.919. The number of anilines is 1. The van der Waals surface area contributed by atoms with Gasteiger partial charge in [-0.3, -0.25) is 10.1 Å². The molecule has 7 nitrogen and oxygen atoms in total. The Balaban J connectivity index is 1.73. The molecule has 1 fully saturated rings. The van der Waals surface area contributed by atoms with Crippen molar-refractivity contribution in [3.63, 3.8) is 0 Å². The Morgan fingerprint density at radius 2 is 2.04 bits per heavy atom. The molecule has 28 heavy (non-hydrogen) atoms. The first kappa shape index (κ1) is 17.1. The van der Waals surface area contributed by atoms with E-state index in [4.69, 9.17) is 10.5 Å². The molecule has 0 unspecified atom stereocenters. The highest BCUT2D eigenvalue weighted by molar-refractivity contribution is 6.14. The van der Waals surface area contributed by atoms with Gasteiger partial charge < -0.3 is 20.7 Å². The first-order valence-electron chi connectivity index (χ1n) is 9.30. The number of nitrogens with one attached hydrogen (secondary N) is 1. The SMILES string of the molecule is C[C@H](c1ccc2c(c1)O[C@]1(O)c3cccc(N)c3C(=O)[C@]21NC(=O)O)C1CC1. The topological polar surface area (TPSA) is 122 Å². The van der Waals surface area contributed by atoms with Gasteiger partial charge in [-0.2, -0.15) is 0 Å². The summed E-state index contributed by atoms with van der Waals surface area (Å²) in [5.41, 5.74) is 5.73. The van der Waals surface area contributed by atoms with Crippen LogP contribution in [0.25, 0.3) is 0 Å². The third-order valence-electron chi connectivity index (χ3n) is 6.35. The van der Waals surface area contributed by atoms with Crippen molar-refractivity contribution in [2.45, 2.75) is 37.0 Å². The van der Waals surface area contributed by atoms with Gasteiger partial charge in [-0.25, -0.2) is 4.79 Å². The summed E-state index contributed by atoms with van der Waals surface area (Å²) in [7, 11) is 0. The second kappa shape index (κ2) is 5.26. The van der Waals surface area contributed by atoms with E-state index in [0.29, 0.717) is 23.1 Å². The van der Waals surface area contributed by atoms with Crippen molar-refractivity contribution in [1.82, 2.24) is 5.32 Å². The second-order valence-electron chi connectivity index (χ2n) is 7.91. The fourth-order valence-electron chi connectivity index (χ4n) is 4.70. The molecule has 0 aromatic heterocycles. The van der Waals surface area contributed by atoms with E-state index in [1.165, 1.54) is 25.0 Å². The van der Waals surface area contributed by atoms with E-state index < -0.39 is 23.2 Å². The molecule has 1 heterocycles. The number of hydrogen-bond acceptors (Lipinski definition) is 5. The molecule has 144 valence electrons. The van der Waals surface area contributed by atoms with E-state index in [2.05, 4.69) is 12.2 Å². The maximum atomic E-state index is 13.4. The summed E-state index contributed by atoms with van der Waals surface area (Å²) in [5.74, 6) is -1.56. The van der Waals surface area contributed by atoms with Crippen LogP contribution in [0, 0.1) is 5.92 Å². The maximum absolute atomic E-state index is 13.4. The molecule has 1 saturated carbocycles. The highest BCUT2D eigenvalue weighted by Crippen LogP contribution is 2.59. The largest absolute Gasteiger partial charge is 0.465 e. The molecule has 1 amide bonds. The average molecular weight is 380 g/mol. The van der Waals surface area contributed by atoms with Gasteiger partial charge in [-0.15, -0.1) is 0 Å². The number of amides is 1. The first-order valence-corrected chi connectivity index (χ1v) is 9.30. The number of aliphatic hydroxyl groups is 1. The minimum Gasteiger partial charge on any atom is -0.465 e. The standard InChI is InChI=1S/C21H20N2O5/c1-10(11-5-6-11)12-7-8-13-16(9-12)28-21(27)14-3-2-4-15(22)17(14)18(24)20(13,21)23-19(25)26/h2-4,7-11,23,27H,5-6,22H2,1H3,(H,25,26)/t10-,20+,21+/m0/s1. The van der Waals surface area contributed by atoms with E-state index in [0.717, 1.165) is 5.56 Å². The number of fused-ring (bicyclic) bond motifs is 5. The molecule has 0 saturated heterocycles. The van der Waals surface area contributed by atoms with Gasteiger partial charge in [0.05, 0.1) is 5.56 Å². The van der Waals surface area contributed by atoms with Crippen molar-refractivity contribution in [1.29, 1.82) is 0 Å². The Morgan fingerprint density at radius 1 is 1.29 bits per heavy atom. The number of ether oxygens (including phenoxy) is 1. The van der Waals surface area contributed by atoms with Crippen LogP contribution in [0.2, 0.25) is 0 Å². The number of carbonyl (C=O) groups excluding carboxylic acids is 1. The van der Waals surface area contributed by atoms with Gasteiger partial charge in [0.25, 0.3) is 5.79 Å². The smallest absolute Gasteiger partial charge is 0.405 e. The fraction of sp³-hybridized carbons (Fsp3) is 0.333. The van der Waals surface area contributed by atoms with Gasteiger partial charge in [0.2, 0.25) is 11.3 Å². The summed E-state index contributed by atoms with van der Waals surface area (Å²) in [6, 6.07) is 10.0. The minimum atomic E-state index is -2.20. The number of nitrogens with two attached hydrogens (primary N) is 1. The molecule has 3 atom stereocenters. The van der Waals surface area contributed by atoms with Crippen LogP contribution in [0.3, 0.4) is 0 Å². The Morgan fingerprint density at radius 3 is 2.71 bits per heavy atom. The number of benzene rings is 2. The average Bonchev–Trinajstić information content (AvgIpc) is 3.43. The number of hydrogen-bond donors (Lipinski definition) is 4. The molecule has 0 radical (unpaired) electrons. The van der Waals surface area contributed by atoms with E-state index in [1.807, 2.05) is 6.07 Å². The molecular weight excluding hydrogens is 360 g/mol. The summed E-state index contributed by atoms with van der Waals surface area (Å²) >= 11 is 0. The third-order valence-corrected chi connectivity index (χ3v) is 6.35. The van der Waals surface area contributed by atoms with Crippen LogP contribution in [0.5, 0.6) is 5.75 Å². The van der Waals surface area contributed by atoms with Crippen LogP contribution in [-0.2, 0) is 11.3 Å². The number of rotatable bonds is 3. The number of carbonyl (C=O) groups is 2. The third kappa shape index (κ3) is 1.91. The molecule has 2 aliphatic carbocycles. The summed E-state index contributed by atoms with van der Waals surface area (Å²) in [5, 5.41) is 23.3. The van der Waals surface area contributed by atoms with Crippen LogP contribution < -0.4 is 15.8 Å². The van der Waals surface area contributed by atoms with E-state index in [9.17, 15) is 19.8 Å². The zero-order valence-corrected chi connectivity index (χ0v) is 15.2. The first-order chi connectivity index (χ1) is 13.3.